The molecule has 26 heavy (non-hydrogen) atoms. The van der Waals surface area contributed by atoms with Crippen molar-refractivity contribution in [2.45, 2.75) is 78.7 Å². The summed E-state index contributed by atoms with van der Waals surface area (Å²) in [6, 6.07) is -0.162. The number of aliphatic hydroxyl groups is 1. The van der Waals surface area contributed by atoms with Crippen molar-refractivity contribution in [2.75, 3.05) is 32.9 Å². The molecule has 152 valence electrons. The Kier molecular flexibility index (Phi) is 9.04. The Morgan fingerprint density at radius 2 is 1.58 bits per heavy atom. The van der Waals surface area contributed by atoms with Crippen molar-refractivity contribution in [3.63, 3.8) is 0 Å². The van der Waals surface area contributed by atoms with Gasteiger partial charge in [-0.05, 0) is 58.3 Å². The molecule has 0 aromatic rings. The number of aliphatic hydroxyl groups excluding tert-OH is 1. The van der Waals surface area contributed by atoms with Crippen LogP contribution < -0.4 is 0 Å². The van der Waals surface area contributed by atoms with E-state index in [2.05, 4.69) is 13.8 Å². The number of carbonyl (C=O) groups is 2. The third-order valence-electron chi connectivity index (χ3n) is 5.17. The van der Waals surface area contributed by atoms with Crippen molar-refractivity contribution in [3.8, 4) is 0 Å². The lowest BCUT2D eigenvalue weighted by Crippen LogP contribution is -2.48. The third kappa shape index (κ3) is 6.88. The molecular weight excluding hydrogens is 332 g/mol. The van der Waals surface area contributed by atoms with E-state index < -0.39 is 5.54 Å². The molecule has 6 nitrogen and oxygen atoms in total. The first-order chi connectivity index (χ1) is 12.1. The van der Waals surface area contributed by atoms with Crippen molar-refractivity contribution < 1.29 is 19.4 Å². The Hall–Kier alpha value is -1.14. The topological polar surface area (TPSA) is 70.1 Å². The summed E-state index contributed by atoms with van der Waals surface area (Å²) in [4.78, 5) is 27.5. The van der Waals surface area contributed by atoms with Crippen LogP contribution in [-0.4, -0.2) is 65.3 Å². The minimum Gasteiger partial charge on any atom is -0.396 e. The average Bonchev–Trinajstić information content (AvgIpc) is 2.87. The molecule has 1 fully saturated rings. The number of unbranched alkanes of at least 4 members (excludes halogenated alkanes) is 2. The van der Waals surface area contributed by atoms with Gasteiger partial charge in [-0.1, -0.05) is 20.3 Å². The lowest BCUT2D eigenvalue weighted by Gasteiger charge is -2.33. The second-order valence-corrected chi connectivity index (χ2v) is 8.69. The van der Waals surface area contributed by atoms with Crippen LogP contribution in [0.1, 0.15) is 73.1 Å². The molecule has 1 saturated heterocycles. The molecule has 0 unspecified atom stereocenters. The maximum Gasteiger partial charge on any atom is 0.327 e. The fourth-order valence-electron chi connectivity index (χ4n) is 3.26. The van der Waals surface area contributed by atoms with Gasteiger partial charge in [0.1, 0.15) is 6.54 Å². The van der Waals surface area contributed by atoms with Gasteiger partial charge in [0.05, 0.1) is 0 Å². The van der Waals surface area contributed by atoms with E-state index in [1.54, 1.807) is 4.90 Å². The zero-order valence-corrected chi connectivity index (χ0v) is 17.3. The molecule has 1 heterocycles. The predicted octanol–water partition coefficient (Wildman–Crippen LogP) is 3.42. The van der Waals surface area contributed by atoms with Gasteiger partial charge < -0.3 is 14.7 Å². The number of imide groups is 1. The van der Waals surface area contributed by atoms with Crippen LogP contribution in [0.4, 0.5) is 4.79 Å². The summed E-state index contributed by atoms with van der Waals surface area (Å²) in [5.41, 5.74) is -0.447. The van der Waals surface area contributed by atoms with E-state index in [1.165, 1.54) is 4.90 Å². The zero-order chi connectivity index (χ0) is 19.8. The highest BCUT2D eigenvalue weighted by Crippen LogP contribution is 2.27. The fraction of sp³-hybridized carbons (Fsp3) is 0.900. The first kappa shape index (κ1) is 22.9. The number of nitrogens with zero attached hydrogens (tertiary/aromatic N) is 2. The Morgan fingerprint density at radius 1 is 1.00 bits per heavy atom. The number of rotatable bonds is 13. The minimum atomic E-state index is -0.450. The van der Waals surface area contributed by atoms with Crippen molar-refractivity contribution in [1.29, 1.82) is 0 Å². The summed E-state index contributed by atoms with van der Waals surface area (Å²) >= 11 is 0. The number of likely N-dealkylation sites (N-methyl/N-ethyl adjacent to an activating group) is 1. The molecule has 1 N–H and O–H groups in total. The first-order valence-corrected chi connectivity index (χ1v) is 9.95. The Morgan fingerprint density at radius 3 is 2.08 bits per heavy atom. The summed E-state index contributed by atoms with van der Waals surface area (Å²) in [5.74, 6) is -0.0936. The maximum atomic E-state index is 12.3. The summed E-state index contributed by atoms with van der Waals surface area (Å²) in [5, 5.41) is 9.22. The van der Waals surface area contributed by atoms with Crippen LogP contribution in [0, 0.1) is 5.41 Å². The lowest BCUT2D eigenvalue weighted by atomic mass is 9.88. The van der Waals surface area contributed by atoms with Gasteiger partial charge in [-0.15, -0.1) is 0 Å². The number of urea groups is 1. The summed E-state index contributed by atoms with van der Waals surface area (Å²) in [7, 11) is 0. The number of ether oxygens (including phenoxy) is 1. The summed E-state index contributed by atoms with van der Waals surface area (Å²) in [6.45, 7) is 12.4. The Labute approximate surface area is 158 Å². The average molecular weight is 371 g/mol. The molecular formula is C20H38N2O4. The smallest absolute Gasteiger partial charge is 0.327 e. The SMILES string of the molecule is CCN1CC(=O)N(C(C)(C)CCCCOCCCCC(C)(C)CO)C1=O. The molecule has 1 rings (SSSR count). The van der Waals surface area contributed by atoms with Crippen LogP contribution >= 0.6 is 0 Å². The van der Waals surface area contributed by atoms with Gasteiger partial charge in [0, 0.05) is 31.9 Å². The van der Waals surface area contributed by atoms with Crippen LogP contribution in [0.3, 0.4) is 0 Å². The van der Waals surface area contributed by atoms with E-state index in [4.69, 9.17) is 4.74 Å². The molecule has 0 saturated carbocycles. The van der Waals surface area contributed by atoms with Crippen LogP contribution in [0.15, 0.2) is 0 Å². The largest absolute Gasteiger partial charge is 0.396 e. The van der Waals surface area contributed by atoms with Gasteiger partial charge >= 0.3 is 6.03 Å². The molecule has 3 amide bonds. The van der Waals surface area contributed by atoms with E-state index in [9.17, 15) is 14.7 Å². The van der Waals surface area contributed by atoms with E-state index in [0.717, 1.165) is 45.1 Å². The molecule has 0 aliphatic carbocycles. The molecule has 0 atom stereocenters. The highest BCUT2D eigenvalue weighted by molar-refractivity contribution is 6.02. The molecule has 0 radical (unpaired) electrons. The van der Waals surface area contributed by atoms with Gasteiger partial charge in [-0.3, -0.25) is 9.69 Å². The normalized spacial score (nSPS) is 16.1. The number of hydrogen-bond acceptors (Lipinski definition) is 4. The predicted molar refractivity (Wildman–Crippen MR) is 103 cm³/mol. The van der Waals surface area contributed by atoms with Gasteiger partial charge in [-0.25, -0.2) is 4.79 Å². The molecule has 0 aromatic carbocycles. The van der Waals surface area contributed by atoms with Gasteiger partial charge in [0.25, 0.3) is 5.91 Å². The fourth-order valence-corrected chi connectivity index (χ4v) is 3.26. The van der Waals surface area contributed by atoms with Crippen molar-refractivity contribution in [1.82, 2.24) is 9.80 Å². The number of carbonyl (C=O) groups excluding carboxylic acids is 2. The van der Waals surface area contributed by atoms with E-state index in [0.29, 0.717) is 13.2 Å². The van der Waals surface area contributed by atoms with Crippen LogP contribution in [0.25, 0.3) is 0 Å². The summed E-state index contributed by atoms with van der Waals surface area (Å²) in [6.07, 6.45) is 5.73. The Bertz CT molecular complexity index is 463. The minimum absolute atomic E-state index is 0.00335. The maximum absolute atomic E-state index is 12.3. The first-order valence-electron chi connectivity index (χ1n) is 9.95. The highest BCUT2D eigenvalue weighted by atomic mass is 16.5. The highest BCUT2D eigenvalue weighted by Gasteiger charge is 2.43. The molecule has 0 aromatic heterocycles. The number of hydrogen-bond donors (Lipinski definition) is 1. The van der Waals surface area contributed by atoms with Crippen LogP contribution in [-0.2, 0) is 9.53 Å². The Balaban J connectivity index is 2.17. The van der Waals surface area contributed by atoms with Crippen molar-refractivity contribution >= 4 is 11.9 Å². The standard InChI is InChI=1S/C20H38N2O4/c1-6-21-15-17(24)22(18(21)25)20(4,5)12-8-10-14-26-13-9-7-11-19(2,3)16-23/h23H,6-16H2,1-5H3. The molecule has 6 heteroatoms. The second kappa shape index (κ2) is 10.3. The van der Waals surface area contributed by atoms with Crippen LogP contribution in [0.5, 0.6) is 0 Å². The van der Waals surface area contributed by atoms with Crippen molar-refractivity contribution in [2.24, 2.45) is 5.41 Å². The molecule has 0 spiro atoms. The molecule has 1 aliphatic rings. The second-order valence-electron chi connectivity index (χ2n) is 8.69. The summed E-state index contributed by atoms with van der Waals surface area (Å²) < 4.78 is 5.68. The van der Waals surface area contributed by atoms with E-state index in [-0.39, 0.29) is 30.5 Å². The van der Waals surface area contributed by atoms with Crippen LogP contribution in [0.2, 0.25) is 0 Å². The van der Waals surface area contributed by atoms with E-state index >= 15 is 0 Å². The van der Waals surface area contributed by atoms with E-state index in [1.807, 2.05) is 20.8 Å². The molecule has 1 aliphatic heterocycles. The zero-order valence-electron chi connectivity index (χ0n) is 17.3. The van der Waals surface area contributed by atoms with Crippen molar-refractivity contribution in [3.05, 3.63) is 0 Å². The monoisotopic (exact) mass is 370 g/mol. The molecule has 0 bridgehead atoms. The third-order valence-corrected chi connectivity index (χ3v) is 5.17. The van der Waals surface area contributed by atoms with Gasteiger partial charge in [-0.2, -0.15) is 0 Å². The lowest BCUT2D eigenvalue weighted by molar-refractivity contribution is -0.129. The van der Waals surface area contributed by atoms with Gasteiger partial charge in [0.15, 0.2) is 0 Å². The quantitative estimate of drug-likeness (QED) is 0.398. The number of amides is 3. The van der Waals surface area contributed by atoms with Gasteiger partial charge in [0.2, 0.25) is 0 Å².